The highest BCUT2D eigenvalue weighted by Crippen LogP contribution is 2.42. The molecule has 1 N–H and O–H groups in total. The average molecular weight is 367 g/mol. The second-order valence-electron chi connectivity index (χ2n) is 7.61. The SMILES string of the molecule is C[C@H]1c2ccccc2OC[C@@H]2C[C@H]2CN2CN1n1ccc(=O)c(O)c1C2=O. The lowest BCUT2D eigenvalue weighted by atomic mass is 10.1. The first-order chi connectivity index (χ1) is 13.0. The first kappa shape index (κ1) is 16.2. The van der Waals surface area contributed by atoms with Crippen molar-refractivity contribution in [2.24, 2.45) is 11.8 Å². The zero-order valence-electron chi connectivity index (χ0n) is 15.0. The molecular formula is C20H21N3O4. The number of amides is 1. The average Bonchev–Trinajstić information content (AvgIpc) is 3.42. The molecule has 1 aliphatic carbocycles. The molecule has 0 spiro atoms. The van der Waals surface area contributed by atoms with Gasteiger partial charge in [0.2, 0.25) is 5.43 Å². The Labute approximate surface area is 156 Å². The zero-order chi connectivity index (χ0) is 18.7. The van der Waals surface area contributed by atoms with E-state index in [-0.39, 0.29) is 17.6 Å². The van der Waals surface area contributed by atoms with Crippen LogP contribution in [0.25, 0.3) is 0 Å². The minimum atomic E-state index is -0.540. The Morgan fingerprint density at radius 1 is 1.15 bits per heavy atom. The van der Waals surface area contributed by atoms with Crippen molar-refractivity contribution in [2.45, 2.75) is 19.4 Å². The number of aromatic nitrogens is 1. The van der Waals surface area contributed by atoms with Crippen molar-refractivity contribution in [3.63, 3.8) is 0 Å². The van der Waals surface area contributed by atoms with Crippen LogP contribution in [0.3, 0.4) is 0 Å². The highest BCUT2D eigenvalue weighted by Gasteiger charge is 2.43. The number of nitrogens with zero attached hydrogens (tertiary/aromatic N) is 3. The fraction of sp³-hybridized carbons (Fsp3) is 0.400. The van der Waals surface area contributed by atoms with Crippen molar-refractivity contribution in [2.75, 3.05) is 24.8 Å². The molecule has 1 amide bonds. The summed E-state index contributed by atoms with van der Waals surface area (Å²) in [6.45, 7) is 3.68. The van der Waals surface area contributed by atoms with Crippen LogP contribution in [0.4, 0.5) is 0 Å². The smallest absolute Gasteiger partial charge is 0.277 e. The number of hydrogen-bond acceptors (Lipinski definition) is 5. The fourth-order valence-corrected chi connectivity index (χ4v) is 4.17. The number of pyridine rings is 1. The number of hydrogen-bond donors (Lipinski definition) is 1. The van der Waals surface area contributed by atoms with E-state index in [2.05, 4.69) is 0 Å². The Balaban J connectivity index is 1.69. The second kappa shape index (κ2) is 5.77. The molecule has 1 aromatic carbocycles. The van der Waals surface area contributed by atoms with Gasteiger partial charge in [0.15, 0.2) is 11.4 Å². The summed E-state index contributed by atoms with van der Waals surface area (Å²) in [6, 6.07) is 9.08. The van der Waals surface area contributed by atoms with Gasteiger partial charge in [0, 0.05) is 24.4 Å². The van der Waals surface area contributed by atoms with E-state index in [1.165, 1.54) is 6.07 Å². The minimum Gasteiger partial charge on any atom is -0.502 e. The molecule has 2 aromatic rings. The van der Waals surface area contributed by atoms with Gasteiger partial charge >= 0.3 is 0 Å². The summed E-state index contributed by atoms with van der Waals surface area (Å²) in [5.41, 5.74) is 0.506. The van der Waals surface area contributed by atoms with E-state index in [1.807, 2.05) is 36.2 Å². The van der Waals surface area contributed by atoms with Gasteiger partial charge in [-0.2, -0.15) is 0 Å². The molecule has 27 heavy (non-hydrogen) atoms. The van der Waals surface area contributed by atoms with Gasteiger partial charge in [-0.15, -0.1) is 0 Å². The second-order valence-corrected chi connectivity index (χ2v) is 7.61. The Morgan fingerprint density at radius 2 is 1.96 bits per heavy atom. The van der Waals surface area contributed by atoms with Crippen LogP contribution >= 0.6 is 0 Å². The quantitative estimate of drug-likeness (QED) is 0.767. The summed E-state index contributed by atoms with van der Waals surface area (Å²) in [5.74, 6) is 0.874. The summed E-state index contributed by atoms with van der Waals surface area (Å²) in [6.07, 6.45) is 2.58. The number of benzene rings is 1. The van der Waals surface area contributed by atoms with Crippen LogP contribution in [-0.2, 0) is 0 Å². The molecule has 0 radical (unpaired) electrons. The lowest BCUT2D eigenvalue weighted by Gasteiger charge is -2.43. The summed E-state index contributed by atoms with van der Waals surface area (Å²) in [5, 5.41) is 12.3. The van der Waals surface area contributed by atoms with E-state index in [0.717, 1.165) is 17.7 Å². The van der Waals surface area contributed by atoms with Crippen LogP contribution in [-0.4, -0.2) is 40.4 Å². The Hall–Kier alpha value is -2.96. The molecule has 2 bridgehead atoms. The molecule has 1 aromatic heterocycles. The number of rotatable bonds is 0. The number of ether oxygens (including phenoxy) is 1. The zero-order valence-corrected chi connectivity index (χ0v) is 15.0. The van der Waals surface area contributed by atoms with Gasteiger partial charge in [-0.25, -0.2) is 0 Å². The lowest BCUT2D eigenvalue weighted by molar-refractivity contribution is 0.0665. The van der Waals surface area contributed by atoms with Crippen LogP contribution < -0.4 is 15.2 Å². The minimum absolute atomic E-state index is 0.0375. The molecule has 1 fully saturated rings. The van der Waals surface area contributed by atoms with Gasteiger partial charge in [-0.1, -0.05) is 18.2 Å². The molecule has 3 aliphatic rings. The van der Waals surface area contributed by atoms with Crippen molar-refractivity contribution >= 4 is 5.91 Å². The molecule has 1 saturated carbocycles. The van der Waals surface area contributed by atoms with E-state index >= 15 is 0 Å². The van der Waals surface area contributed by atoms with Crippen LogP contribution in [0.2, 0.25) is 0 Å². The highest BCUT2D eigenvalue weighted by atomic mass is 16.5. The maximum atomic E-state index is 13.0. The third-order valence-electron chi connectivity index (χ3n) is 5.93. The Bertz CT molecular complexity index is 985. The largest absolute Gasteiger partial charge is 0.502 e. The third kappa shape index (κ3) is 2.49. The number of aromatic hydroxyl groups is 1. The van der Waals surface area contributed by atoms with Gasteiger partial charge < -0.3 is 14.7 Å². The lowest BCUT2D eigenvalue weighted by Crippen LogP contribution is -2.55. The fourth-order valence-electron chi connectivity index (χ4n) is 4.17. The number of carbonyl (C=O) groups is 1. The molecule has 7 heteroatoms. The first-order valence-electron chi connectivity index (χ1n) is 9.27. The van der Waals surface area contributed by atoms with Crippen LogP contribution in [0.1, 0.15) is 35.4 Å². The van der Waals surface area contributed by atoms with Gasteiger partial charge in [-0.3, -0.25) is 19.3 Å². The number of carbonyl (C=O) groups excluding carboxylic acids is 1. The molecule has 0 unspecified atom stereocenters. The number of fused-ring (bicyclic) bond motifs is 6. The molecular weight excluding hydrogens is 346 g/mol. The van der Waals surface area contributed by atoms with E-state index in [1.54, 1.807) is 15.8 Å². The molecule has 3 heterocycles. The van der Waals surface area contributed by atoms with E-state index in [0.29, 0.717) is 31.7 Å². The maximum Gasteiger partial charge on any atom is 0.277 e. The summed E-state index contributed by atoms with van der Waals surface area (Å²) in [7, 11) is 0. The molecule has 3 atom stereocenters. The van der Waals surface area contributed by atoms with Crippen molar-refractivity contribution < 1.29 is 14.6 Å². The standard InChI is InChI=1S/C20H21N3O4/c1-12-15-4-2-3-5-17(15)27-10-14-8-13(14)9-21-11-23(12)22-7-6-16(24)19(25)18(22)20(21)26/h2-7,12-14,25H,8-11H2,1H3/t12-,13-,14-/m0/s1. The molecule has 2 aliphatic heterocycles. The molecule has 7 nitrogen and oxygen atoms in total. The van der Waals surface area contributed by atoms with Crippen LogP contribution in [0.15, 0.2) is 41.3 Å². The van der Waals surface area contributed by atoms with E-state index < -0.39 is 11.2 Å². The third-order valence-corrected chi connectivity index (χ3v) is 5.93. The van der Waals surface area contributed by atoms with Crippen LogP contribution in [0.5, 0.6) is 11.5 Å². The van der Waals surface area contributed by atoms with Gasteiger partial charge in [0.05, 0.1) is 12.6 Å². The summed E-state index contributed by atoms with van der Waals surface area (Å²) in [4.78, 5) is 26.7. The van der Waals surface area contributed by atoms with E-state index in [9.17, 15) is 14.7 Å². The summed E-state index contributed by atoms with van der Waals surface area (Å²) < 4.78 is 7.72. The first-order valence-corrected chi connectivity index (χ1v) is 9.27. The van der Waals surface area contributed by atoms with Crippen molar-refractivity contribution in [3.05, 3.63) is 58.0 Å². The highest BCUT2D eigenvalue weighted by molar-refractivity contribution is 5.96. The van der Waals surface area contributed by atoms with Crippen molar-refractivity contribution in [3.8, 4) is 11.5 Å². The predicted octanol–water partition coefficient (Wildman–Crippen LogP) is 1.69. The van der Waals surface area contributed by atoms with Gasteiger partial charge in [-0.05, 0) is 31.2 Å². The van der Waals surface area contributed by atoms with Crippen molar-refractivity contribution in [1.29, 1.82) is 0 Å². The van der Waals surface area contributed by atoms with E-state index in [4.69, 9.17) is 4.74 Å². The van der Waals surface area contributed by atoms with Gasteiger partial charge in [0.1, 0.15) is 12.4 Å². The van der Waals surface area contributed by atoms with Crippen molar-refractivity contribution in [1.82, 2.24) is 9.58 Å². The van der Waals surface area contributed by atoms with Gasteiger partial charge in [0.25, 0.3) is 5.91 Å². The van der Waals surface area contributed by atoms with Crippen LogP contribution in [0, 0.1) is 11.8 Å². The molecule has 5 rings (SSSR count). The Morgan fingerprint density at radius 3 is 2.81 bits per heavy atom. The maximum absolute atomic E-state index is 13.0. The molecule has 0 saturated heterocycles. The predicted molar refractivity (Wildman–Crippen MR) is 98.4 cm³/mol. The summed E-state index contributed by atoms with van der Waals surface area (Å²) >= 11 is 0. The normalized spacial score (nSPS) is 26.3. The Kier molecular flexibility index (Phi) is 3.47. The monoisotopic (exact) mass is 367 g/mol. The molecule has 140 valence electrons. The number of para-hydroxylation sites is 1. The topological polar surface area (TPSA) is 75.0 Å².